The number of likely N-dealkylation sites (tertiary alicyclic amines) is 1. The smallest absolute Gasteiger partial charge is 0.338 e. The minimum absolute atomic E-state index is 0.119. The molecular weight excluding hydrogens is 502 g/mol. The molecule has 2 bridgehead atoms. The van der Waals surface area contributed by atoms with Gasteiger partial charge in [-0.3, -0.25) is 0 Å². The van der Waals surface area contributed by atoms with E-state index in [1.807, 2.05) is 0 Å². The summed E-state index contributed by atoms with van der Waals surface area (Å²) in [6.07, 6.45) is 5.54. The zero-order chi connectivity index (χ0) is 26.3. The highest BCUT2D eigenvalue weighted by molar-refractivity contribution is 6.49. The molecule has 0 amide bonds. The van der Waals surface area contributed by atoms with Gasteiger partial charge in [-0.2, -0.15) is 0 Å². The molecule has 4 aliphatic rings. The first-order chi connectivity index (χ1) is 17.5. The molecule has 0 radical (unpaired) electrons. The summed E-state index contributed by atoms with van der Waals surface area (Å²) in [4.78, 5) is 15.7. The molecule has 2 heterocycles. The van der Waals surface area contributed by atoms with E-state index < -0.39 is 15.1 Å². The average molecular weight is 538 g/mol. The molecule has 0 N–H and O–H groups in total. The summed E-state index contributed by atoms with van der Waals surface area (Å²) in [7, 11) is 0.903. The Kier molecular flexibility index (Phi) is 5.83. The van der Waals surface area contributed by atoms with Crippen molar-refractivity contribution in [2.75, 3.05) is 13.6 Å². The number of carbonyl (C=O) groups excluding carboxylic acids is 1. The number of rotatable bonds is 4. The molecule has 1 spiro atoms. The maximum Gasteiger partial charge on any atom is 0.338 e. The summed E-state index contributed by atoms with van der Waals surface area (Å²) in [6, 6.07) is 9.46. The molecule has 5 atom stereocenters. The van der Waals surface area contributed by atoms with Crippen molar-refractivity contribution < 1.29 is 18.7 Å². The van der Waals surface area contributed by atoms with Gasteiger partial charge in [-0.25, -0.2) is 4.79 Å². The second kappa shape index (κ2) is 8.62. The van der Waals surface area contributed by atoms with Crippen molar-refractivity contribution in [3.63, 3.8) is 0 Å². The molecular formula is C30H36ClNO4Si. The number of likely N-dealkylation sites (N-methyl/N-ethyl adjacent to an activating group) is 1. The van der Waals surface area contributed by atoms with Crippen molar-refractivity contribution in [3.8, 4) is 11.5 Å². The number of carbonyl (C=O) groups is 1. The fraction of sp³-hybridized carbons (Fsp3) is 0.500. The first kappa shape index (κ1) is 25.0. The molecule has 7 heteroatoms. The molecule has 37 heavy (non-hydrogen) atoms. The Balaban J connectivity index is 1.50. The largest absolute Gasteiger partial charge is 0.547 e. The third kappa shape index (κ3) is 3.78. The van der Waals surface area contributed by atoms with Crippen LogP contribution in [0.5, 0.6) is 11.5 Å². The number of esters is 1. The molecule has 196 valence electrons. The van der Waals surface area contributed by atoms with E-state index in [2.05, 4.69) is 64.0 Å². The molecule has 0 saturated carbocycles. The number of halogens is 1. The third-order valence-corrected chi connectivity index (χ3v) is 9.71. The van der Waals surface area contributed by atoms with E-state index in [4.69, 9.17) is 25.5 Å². The van der Waals surface area contributed by atoms with Crippen LogP contribution in [0.3, 0.4) is 0 Å². The summed E-state index contributed by atoms with van der Waals surface area (Å²) in [6.45, 7) is 12.1. The number of hydrogen-bond acceptors (Lipinski definition) is 5. The van der Waals surface area contributed by atoms with Gasteiger partial charge in [0.15, 0.2) is 6.10 Å². The molecule has 0 unspecified atom stereocenters. The first-order valence-corrected chi connectivity index (χ1v) is 16.6. The van der Waals surface area contributed by atoms with Crippen LogP contribution in [0.25, 0.3) is 0 Å². The van der Waals surface area contributed by atoms with Crippen LogP contribution < -0.4 is 9.16 Å². The molecule has 2 aliphatic heterocycles. The van der Waals surface area contributed by atoms with E-state index in [1.54, 1.807) is 24.3 Å². The highest BCUT2D eigenvalue weighted by Gasteiger charge is 2.65. The van der Waals surface area contributed by atoms with E-state index in [0.717, 1.165) is 30.9 Å². The Morgan fingerprint density at radius 3 is 2.59 bits per heavy atom. The van der Waals surface area contributed by atoms with Gasteiger partial charge < -0.3 is 18.8 Å². The maximum absolute atomic E-state index is 13.2. The summed E-state index contributed by atoms with van der Waals surface area (Å²) < 4.78 is 19.8. The fourth-order valence-corrected chi connectivity index (χ4v) is 7.93. The van der Waals surface area contributed by atoms with Gasteiger partial charge in [0.1, 0.15) is 17.6 Å². The number of hydrogen-bond donors (Lipinski definition) is 0. The Bertz CT molecular complexity index is 1280. The summed E-state index contributed by atoms with van der Waals surface area (Å²) >= 11 is 6.04. The molecule has 2 aliphatic carbocycles. The first-order valence-electron chi connectivity index (χ1n) is 13.4. The fourth-order valence-electron chi connectivity index (χ4n) is 7.08. The van der Waals surface area contributed by atoms with E-state index in [-0.39, 0.29) is 22.9 Å². The van der Waals surface area contributed by atoms with E-state index in [9.17, 15) is 4.79 Å². The molecule has 2 aromatic carbocycles. The van der Waals surface area contributed by atoms with Gasteiger partial charge in [-0.1, -0.05) is 38.4 Å². The second-order valence-corrected chi connectivity index (χ2v) is 15.2. The molecule has 1 saturated heterocycles. The van der Waals surface area contributed by atoms with Crippen LogP contribution in [0.15, 0.2) is 42.5 Å². The molecule has 6 rings (SSSR count). The Morgan fingerprint density at radius 1 is 1.19 bits per heavy atom. The van der Waals surface area contributed by atoms with Crippen molar-refractivity contribution in [3.05, 3.63) is 69.8 Å². The van der Waals surface area contributed by atoms with Crippen molar-refractivity contribution >= 4 is 26.6 Å². The number of nitrogens with zero attached hydrogens (tertiary/aromatic N) is 1. The summed E-state index contributed by atoms with van der Waals surface area (Å²) in [5.41, 5.74) is 3.94. The van der Waals surface area contributed by atoms with E-state index in [1.165, 1.54) is 16.7 Å². The van der Waals surface area contributed by atoms with Crippen LogP contribution in [-0.4, -0.2) is 51.8 Å². The maximum atomic E-state index is 13.2. The lowest BCUT2D eigenvalue weighted by molar-refractivity contribution is -0.0556. The number of benzene rings is 2. The summed E-state index contributed by atoms with van der Waals surface area (Å²) in [5.74, 6) is 1.98. The van der Waals surface area contributed by atoms with Crippen LogP contribution in [0.1, 0.15) is 54.2 Å². The zero-order valence-electron chi connectivity index (χ0n) is 22.5. The molecule has 0 aromatic heterocycles. The number of piperidine rings is 1. The quantitative estimate of drug-likeness (QED) is 0.286. The van der Waals surface area contributed by atoms with Crippen LogP contribution in [-0.2, 0) is 22.0 Å². The predicted molar refractivity (Wildman–Crippen MR) is 149 cm³/mol. The van der Waals surface area contributed by atoms with Crippen LogP contribution in [0.4, 0.5) is 0 Å². The normalized spacial score (nSPS) is 29.6. The Morgan fingerprint density at radius 2 is 1.92 bits per heavy atom. The van der Waals surface area contributed by atoms with Crippen LogP contribution in [0, 0.1) is 5.92 Å². The van der Waals surface area contributed by atoms with Crippen molar-refractivity contribution in [1.29, 1.82) is 0 Å². The minimum atomic E-state index is -1.33. The van der Waals surface area contributed by atoms with Crippen LogP contribution >= 0.6 is 11.6 Å². The minimum Gasteiger partial charge on any atom is -0.547 e. The lowest BCUT2D eigenvalue weighted by Gasteiger charge is -2.56. The molecule has 2 aromatic rings. The second-order valence-electron chi connectivity index (χ2n) is 12.4. The van der Waals surface area contributed by atoms with Crippen molar-refractivity contribution in [1.82, 2.24) is 4.90 Å². The standard InChI is InChI=1S/C30H36ClNO4Si/c1-29(2,3)21-16-24(36-37(5)6)19-15-22-20-11-12-23(34-28(33)17-7-9-18(31)10-8-17)27-30(20,13-14-32(22)4)25(19)26(21)35-27/h7-12,16,20,22-23,27,37H,13-15H2,1-6H3/t20-,22+,23-,27-,30-/m0/s1. The van der Waals surface area contributed by atoms with Gasteiger partial charge in [0.25, 0.3) is 0 Å². The van der Waals surface area contributed by atoms with Crippen LogP contribution in [0.2, 0.25) is 18.1 Å². The van der Waals surface area contributed by atoms with Gasteiger partial charge in [0.2, 0.25) is 9.04 Å². The van der Waals surface area contributed by atoms with Gasteiger partial charge >= 0.3 is 5.97 Å². The Labute approximate surface area is 226 Å². The van der Waals surface area contributed by atoms with Gasteiger partial charge in [0, 0.05) is 39.1 Å². The monoisotopic (exact) mass is 537 g/mol. The topological polar surface area (TPSA) is 48.0 Å². The third-order valence-electron chi connectivity index (χ3n) is 8.73. The van der Waals surface area contributed by atoms with Crippen molar-refractivity contribution in [2.24, 2.45) is 5.92 Å². The lowest BCUT2D eigenvalue weighted by Crippen LogP contribution is -2.65. The zero-order valence-corrected chi connectivity index (χ0v) is 24.4. The van der Waals surface area contributed by atoms with Crippen molar-refractivity contribution in [2.45, 2.75) is 75.8 Å². The SMILES string of the molecule is CN1CC[C@]23c4c5c(O[SiH](C)C)cc(C(C)(C)C)c4O[C@H]2[C@@H](OC(=O)c2ccc(Cl)cc2)C=C[C@H]3[C@H]1C5. The molecule has 5 nitrogen and oxygen atoms in total. The van der Waals surface area contributed by atoms with Gasteiger partial charge in [-0.15, -0.1) is 0 Å². The van der Waals surface area contributed by atoms with Gasteiger partial charge in [0.05, 0.1) is 5.56 Å². The van der Waals surface area contributed by atoms with E-state index in [0.29, 0.717) is 22.5 Å². The van der Waals surface area contributed by atoms with Gasteiger partial charge in [-0.05, 0) is 81.4 Å². The predicted octanol–water partition coefficient (Wildman–Crippen LogP) is 5.67. The highest BCUT2D eigenvalue weighted by atomic mass is 35.5. The lowest BCUT2D eigenvalue weighted by atomic mass is 9.53. The number of ether oxygens (including phenoxy) is 2. The summed E-state index contributed by atoms with van der Waals surface area (Å²) in [5, 5.41) is 0.592. The molecule has 1 fully saturated rings. The highest BCUT2D eigenvalue weighted by Crippen LogP contribution is 2.64. The Hall–Kier alpha value is -2.28. The van der Waals surface area contributed by atoms with E-state index >= 15 is 0 Å². The average Bonchev–Trinajstić information content (AvgIpc) is 3.17.